The van der Waals surface area contributed by atoms with Crippen LogP contribution < -0.4 is 0 Å². The van der Waals surface area contributed by atoms with E-state index < -0.39 is 0 Å². The SMILES string of the molecule is CC(CCl)CSc1ncnc2c1CCCCC2. The highest BCUT2D eigenvalue weighted by atomic mass is 35.5. The number of hydrogen-bond acceptors (Lipinski definition) is 3. The monoisotopic (exact) mass is 270 g/mol. The maximum atomic E-state index is 5.84. The Bertz CT molecular complexity index is 370. The van der Waals surface area contributed by atoms with Gasteiger partial charge in [-0.1, -0.05) is 13.3 Å². The Kier molecular flexibility index (Phi) is 5.11. The van der Waals surface area contributed by atoms with Gasteiger partial charge in [-0.3, -0.25) is 0 Å². The number of nitrogens with zero attached hydrogens (tertiary/aromatic N) is 2. The molecular weight excluding hydrogens is 252 g/mol. The summed E-state index contributed by atoms with van der Waals surface area (Å²) in [6.07, 6.45) is 7.85. The smallest absolute Gasteiger partial charge is 0.116 e. The van der Waals surface area contributed by atoms with E-state index in [2.05, 4.69) is 16.9 Å². The summed E-state index contributed by atoms with van der Waals surface area (Å²) in [4.78, 5) is 8.89. The van der Waals surface area contributed by atoms with Crippen LogP contribution in [-0.2, 0) is 12.8 Å². The van der Waals surface area contributed by atoms with Gasteiger partial charge in [0.25, 0.3) is 0 Å². The second-order valence-electron chi connectivity index (χ2n) is 4.74. The van der Waals surface area contributed by atoms with Crippen molar-refractivity contribution in [2.24, 2.45) is 5.92 Å². The van der Waals surface area contributed by atoms with E-state index in [1.165, 1.54) is 35.5 Å². The zero-order valence-electron chi connectivity index (χ0n) is 10.3. The summed E-state index contributed by atoms with van der Waals surface area (Å²) < 4.78 is 0. The molecule has 0 radical (unpaired) electrons. The Balaban J connectivity index is 2.11. The highest BCUT2D eigenvalue weighted by Gasteiger charge is 2.15. The molecule has 0 bridgehead atoms. The molecule has 1 aromatic heterocycles. The van der Waals surface area contributed by atoms with Gasteiger partial charge in [-0.05, 0) is 31.6 Å². The van der Waals surface area contributed by atoms with Crippen molar-refractivity contribution in [1.82, 2.24) is 9.97 Å². The van der Waals surface area contributed by atoms with E-state index in [0.29, 0.717) is 5.92 Å². The molecule has 0 amide bonds. The Hall–Kier alpha value is -0.280. The molecule has 94 valence electrons. The first kappa shape index (κ1) is 13.2. The Morgan fingerprint density at radius 3 is 2.94 bits per heavy atom. The van der Waals surface area contributed by atoms with Crippen LogP contribution in [0.25, 0.3) is 0 Å². The summed E-state index contributed by atoms with van der Waals surface area (Å²) in [5.41, 5.74) is 2.68. The van der Waals surface area contributed by atoms with Crippen LogP contribution in [0.15, 0.2) is 11.4 Å². The lowest BCUT2D eigenvalue weighted by atomic mass is 10.1. The normalized spacial score (nSPS) is 17.3. The maximum Gasteiger partial charge on any atom is 0.116 e. The highest BCUT2D eigenvalue weighted by Crippen LogP contribution is 2.28. The number of fused-ring (bicyclic) bond motifs is 1. The van der Waals surface area contributed by atoms with Crippen molar-refractivity contribution in [1.29, 1.82) is 0 Å². The fraction of sp³-hybridized carbons (Fsp3) is 0.692. The summed E-state index contributed by atoms with van der Waals surface area (Å²) in [5.74, 6) is 2.31. The molecule has 2 nitrogen and oxygen atoms in total. The molecule has 1 aromatic rings. The lowest BCUT2D eigenvalue weighted by Gasteiger charge is -2.11. The number of alkyl halides is 1. The Labute approximate surface area is 113 Å². The molecule has 0 fully saturated rings. The molecule has 17 heavy (non-hydrogen) atoms. The van der Waals surface area contributed by atoms with Gasteiger partial charge in [0.15, 0.2) is 0 Å². The maximum absolute atomic E-state index is 5.84. The summed E-state index contributed by atoms with van der Waals surface area (Å²) in [7, 11) is 0. The van der Waals surface area contributed by atoms with Gasteiger partial charge in [-0.15, -0.1) is 23.4 Å². The third kappa shape index (κ3) is 3.59. The molecular formula is C13H19ClN2S. The minimum Gasteiger partial charge on any atom is -0.241 e. The van der Waals surface area contributed by atoms with E-state index in [-0.39, 0.29) is 0 Å². The average Bonchev–Trinajstić information content (AvgIpc) is 2.61. The van der Waals surface area contributed by atoms with Crippen LogP contribution in [0.2, 0.25) is 0 Å². The van der Waals surface area contributed by atoms with Crippen LogP contribution in [0, 0.1) is 5.92 Å². The first-order valence-corrected chi connectivity index (χ1v) is 7.84. The molecule has 1 atom stereocenters. The Morgan fingerprint density at radius 2 is 2.12 bits per heavy atom. The Morgan fingerprint density at radius 1 is 1.29 bits per heavy atom. The van der Waals surface area contributed by atoms with Gasteiger partial charge >= 0.3 is 0 Å². The number of thioether (sulfide) groups is 1. The first-order valence-electron chi connectivity index (χ1n) is 6.32. The van der Waals surface area contributed by atoms with Crippen LogP contribution >= 0.6 is 23.4 Å². The van der Waals surface area contributed by atoms with Crippen molar-refractivity contribution in [2.45, 2.75) is 44.1 Å². The van der Waals surface area contributed by atoms with Gasteiger partial charge in [-0.25, -0.2) is 9.97 Å². The van der Waals surface area contributed by atoms with E-state index in [4.69, 9.17) is 11.6 Å². The number of rotatable bonds is 4. The molecule has 0 saturated heterocycles. The lowest BCUT2D eigenvalue weighted by Crippen LogP contribution is -2.04. The largest absolute Gasteiger partial charge is 0.241 e. The molecule has 0 spiro atoms. The molecule has 4 heteroatoms. The molecule has 0 N–H and O–H groups in total. The van der Waals surface area contributed by atoms with Crippen LogP contribution in [0.3, 0.4) is 0 Å². The van der Waals surface area contributed by atoms with E-state index in [0.717, 1.165) is 24.5 Å². The standard InChI is InChI=1S/C13H19ClN2S/c1-10(7-14)8-17-13-11-5-3-2-4-6-12(11)15-9-16-13/h9-10H,2-8H2,1H3. The lowest BCUT2D eigenvalue weighted by molar-refractivity contribution is 0.707. The first-order chi connectivity index (χ1) is 8.31. The van der Waals surface area contributed by atoms with Crippen molar-refractivity contribution < 1.29 is 0 Å². The zero-order valence-corrected chi connectivity index (χ0v) is 11.9. The molecule has 1 heterocycles. The van der Waals surface area contributed by atoms with Gasteiger partial charge in [-0.2, -0.15) is 0 Å². The van der Waals surface area contributed by atoms with Gasteiger partial charge in [0.2, 0.25) is 0 Å². The molecule has 1 aliphatic carbocycles. The second kappa shape index (κ2) is 6.60. The third-order valence-corrected chi connectivity index (χ3v) is 4.99. The molecule has 0 aliphatic heterocycles. The van der Waals surface area contributed by atoms with E-state index in [1.54, 1.807) is 6.33 Å². The van der Waals surface area contributed by atoms with Crippen molar-refractivity contribution >= 4 is 23.4 Å². The summed E-state index contributed by atoms with van der Waals surface area (Å²) in [5, 5.41) is 1.19. The fourth-order valence-electron chi connectivity index (χ4n) is 2.06. The number of halogens is 1. The zero-order chi connectivity index (χ0) is 12.1. The van der Waals surface area contributed by atoms with Crippen molar-refractivity contribution in [3.8, 4) is 0 Å². The van der Waals surface area contributed by atoms with E-state index in [1.807, 2.05) is 11.8 Å². The van der Waals surface area contributed by atoms with Crippen molar-refractivity contribution in [3.05, 3.63) is 17.6 Å². The second-order valence-corrected chi connectivity index (χ2v) is 6.05. The van der Waals surface area contributed by atoms with E-state index >= 15 is 0 Å². The van der Waals surface area contributed by atoms with Crippen molar-refractivity contribution in [2.75, 3.05) is 11.6 Å². The van der Waals surface area contributed by atoms with Crippen LogP contribution in [0.1, 0.15) is 37.4 Å². The molecule has 2 rings (SSSR count). The van der Waals surface area contributed by atoms with Crippen LogP contribution in [0.4, 0.5) is 0 Å². The van der Waals surface area contributed by atoms with E-state index in [9.17, 15) is 0 Å². The predicted octanol–water partition coefficient (Wildman–Crippen LogP) is 3.71. The quantitative estimate of drug-likeness (QED) is 0.361. The van der Waals surface area contributed by atoms with Crippen LogP contribution in [0.5, 0.6) is 0 Å². The predicted molar refractivity (Wildman–Crippen MR) is 73.9 cm³/mol. The minimum atomic E-state index is 0.540. The summed E-state index contributed by atoms with van der Waals surface area (Å²) >= 11 is 7.68. The van der Waals surface area contributed by atoms with Gasteiger partial charge < -0.3 is 0 Å². The molecule has 1 unspecified atom stereocenters. The minimum absolute atomic E-state index is 0.540. The fourth-order valence-corrected chi connectivity index (χ4v) is 3.37. The molecule has 0 saturated carbocycles. The van der Waals surface area contributed by atoms with Gasteiger partial charge in [0.1, 0.15) is 11.4 Å². The number of aryl methyl sites for hydroxylation is 1. The molecule has 1 aliphatic rings. The molecule has 0 aromatic carbocycles. The van der Waals surface area contributed by atoms with Crippen LogP contribution in [-0.4, -0.2) is 21.6 Å². The average molecular weight is 271 g/mol. The summed E-state index contributed by atoms with van der Waals surface area (Å²) in [6, 6.07) is 0. The highest BCUT2D eigenvalue weighted by molar-refractivity contribution is 7.99. The topological polar surface area (TPSA) is 25.8 Å². The van der Waals surface area contributed by atoms with Gasteiger partial charge in [0, 0.05) is 22.9 Å². The summed E-state index contributed by atoms with van der Waals surface area (Å²) in [6.45, 7) is 2.18. The number of hydrogen-bond donors (Lipinski definition) is 0. The van der Waals surface area contributed by atoms with Crippen molar-refractivity contribution in [3.63, 3.8) is 0 Å². The number of aromatic nitrogens is 2. The van der Waals surface area contributed by atoms with Gasteiger partial charge in [0.05, 0.1) is 0 Å². The third-order valence-electron chi connectivity index (χ3n) is 3.10.